The first-order valence-electron chi connectivity index (χ1n) is 19.5. The zero-order chi connectivity index (χ0) is 40.9. The average molecular weight is 753 g/mol. The zero-order valence-electron chi connectivity index (χ0n) is 32.3. The Morgan fingerprint density at radius 1 is 0.283 bits per heavy atom. The van der Waals surface area contributed by atoms with Gasteiger partial charge in [-0.05, 0) is 45.0 Å². The molecule has 268 valence electrons. The summed E-state index contributed by atoms with van der Waals surface area (Å²) in [5.41, 5.74) is 12.9. The number of furan rings is 1. The van der Waals surface area contributed by atoms with Crippen molar-refractivity contribution in [2.75, 3.05) is 0 Å². The van der Waals surface area contributed by atoms with E-state index < -0.39 is 0 Å². The van der Waals surface area contributed by atoms with Gasteiger partial charge in [0.25, 0.3) is 0 Å². The molecule has 0 fully saturated rings. The van der Waals surface area contributed by atoms with Crippen molar-refractivity contribution in [2.24, 2.45) is 0 Å². The maximum Gasteiger partial charge on any atom is 0.167 e. The zero-order valence-corrected chi connectivity index (χ0v) is 32.3. The number of nitrogens with zero attached hydrogens (tertiary/aromatic N) is 3. The molecular formula is C51H28B5N3O. The Balaban J connectivity index is 1.04. The van der Waals surface area contributed by atoms with Gasteiger partial charge in [0, 0.05) is 27.5 Å². The number of hydrogen-bond donors (Lipinski definition) is 0. The van der Waals surface area contributed by atoms with E-state index in [-0.39, 0.29) is 27.3 Å². The number of aromatic nitrogens is 3. The highest BCUT2D eigenvalue weighted by molar-refractivity contribution is 6.68. The summed E-state index contributed by atoms with van der Waals surface area (Å²) in [7, 11) is 31.2. The van der Waals surface area contributed by atoms with E-state index in [2.05, 4.69) is 97.1 Å². The van der Waals surface area contributed by atoms with E-state index in [9.17, 15) is 0 Å². The summed E-state index contributed by atoms with van der Waals surface area (Å²) in [5, 5.41) is 1.96. The van der Waals surface area contributed by atoms with E-state index >= 15 is 0 Å². The van der Waals surface area contributed by atoms with E-state index in [1.807, 2.05) is 72.8 Å². The van der Waals surface area contributed by atoms with Gasteiger partial charge in [0.1, 0.15) is 50.4 Å². The van der Waals surface area contributed by atoms with Crippen LogP contribution in [0, 0.1) is 0 Å². The summed E-state index contributed by atoms with van der Waals surface area (Å²) in [5.74, 6) is 1.48. The van der Waals surface area contributed by atoms with Crippen LogP contribution < -0.4 is 27.3 Å². The molecule has 10 aromatic rings. The Bertz CT molecular complexity index is 3200. The van der Waals surface area contributed by atoms with Gasteiger partial charge in [-0.3, -0.25) is 0 Å². The van der Waals surface area contributed by atoms with E-state index in [1.54, 1.807) is 0 Å². The van der Waals surface area contributed by atoms with E-state index in [0.717, 1.165) is 60.9 Å². The smallest absolute Gasteiger partial charge is 0.167 e. The summed E-state index contributed by atoms with van der Waals surface area (Å²) >= 11 is 0. The van der Waals surface area contributed by atoms with Crippen molar-refractivity contribution < 1.29 is 4.42 Å². The highest BCUT2D eigenvalue weighted by Gasteiger charge is 2.20. The molecule has 2 aromatic heterocycles. The van der Waals surface area contributed by atoms with Gasteiger partial charge < -0.3 is 4.42 Å². The molecule has 10 rings (SSSR count). The predicted molar refractivity (Wildman–Crippen MR) is 252 cm³/mol. The molecule has 2 heterocycles. The third kappa shape index (κ3) is 6.57. The molecule has 0 aliphatic rings. The molecular weight excluding hydrogens is 725 g/mol. The van der Waals surface area contributed by atoms with Crippen LogP contribution in [-0.4, -0.2) is 54.2 Å². The van der Waals surface area contributed by atoms with Crippen LogP contribution in [0.1, 0.15) is 0 Å². The fourth-order valence-corrected chi connectivity index (χ4v) is 7.84. The Hall–Kier alpha value is -7.11. The van der Waals surface area contributed by atoms with Crippen LogP contribution in [0.25, 0.3) is 101 Å². The second-order valence-corrected chi connectivity index (χ2v) is 14.7. The lowest BCUT2D eigenvalue weighted by molar-refractivity contribution is 0.670. The summed E-state index contributed by atoms with van der Waals surface area (Å²) in [6, 6.07) is 57.5. The number of hydrogen-bond acceptors (Lipinski definition) is 4. The van der Waals surface area contributed by atoms with Gasteiger partial charge in [0.05, 0.1) is 5.56 Å². The third-order valence-corrected chi connectivity index (χ3v) is 11.1. The maximum atomic E-state index is 6.85. The lowest BCUT2D eigenvalue weighted by Crippen LogP contribution is -2.55. The fourth-order valence-electron chi connectivity index (χ4n) is 7.84. The first kappa shape index (κ1) is 37.2. The minimum atomic E-state index is 0.169. The van der Waals surface area contributed by atoms with Crippen LogP contribution in [0.2, 0.25) is 0 Å². The Morgan fingerprint density at radius 2 is 0.650 bits per heavy atom. The molecule has 0 N–H and O–H groups in total. The molecule has 0 aliphatic heterocycles. The standard InChI is InChI=1S/C51H28B5N3O/c52-42-41(43(53)45(55)46(56)44(42)54)34-25-27-36(28-26-34)50-57-49(35-11-5-2-6-12-35)58-51(59-50)40-16-8-15-39-38-14-7-13-37(47(38)60-48(39)40)33-23-21-32(22-24-33)31-19-17-30(18-20-31)29-9-3-1-4-10-29/h1-28H. The Morgan fingerprint density at radius 3 is 1.18 bits per heavy atom. The van der Waals surface area contributed by atoms with Crippen LogP contribution >= 0.6 is 0 Å². The average Bonchev–Trinajstić information content (AvgIpc) is 3.70. The summed E-state index contributed by atoms with van der Waals surface area (Å²) in [6.45, 7) is 0. The second-order valence-electron chi connectivity index (χ2n) is 14.7. The molecule has 0 spiro atoms. The molecule has 0 unspecified atom stereocenters. The monoisotopic (exact) mass is 753 g/mol. The fraction of sp³-hybridized carbons (Fsp3) is 0. The lowest BCUT2D eigenvalue weighted by Gasteiger charge is -2.21. The minimum Gasteiger partial charge on any atom is -0.455 e. The quantitative estimate of drug-likeness (QED) is 0.159. The number of fused-ring (bicyclic) bond motifs is 3. The van der Waals surface area contributed by atoms with Crippen molar-refractivity contribution >= 4 is 88.5 Å². The maximum absolute atomic E-state index is 6.85. The molecule has 9 heteroatoms. The van der Waals surface area contributed by atoms with Crippen LogP contribution in [0.15, 0.2) is 174 Å². The van der Waals surface area contributed by atoms with E-state index in [0.29, 0.717) is 28.6 Å². The molecule has 0 atom stereocenters. The molecule has 0 amide bonds. The molecule has 0 aliphatic carbocycles. The lowest BCUT2D eigenvalue weighted by atomic mass is 9.59. The number of rotatable bonds is 7. The number of benzene rings is 8. The van der Waals surface area contributed by atoms with Crippen molar-refractivity contribution in [1.82, 2.24) is 15.0 Å². The van der Waals surface area contributed by atoms with Gasteiger partial charge in [0.15, 0.2) is 17.5 Å². The summed E-state index contributed by atoms with van der Waals surface area (Å²) in [6.07, 6.45) is 0. The van der Waals surface area contributed by atoms with Gasteiger partial charge in [0.2, 0.25) is 0 Å². The Kier molecular flexibility index (Phi) is 9.45. The molecule has 10 radical (unpaired) electrons. The van der Waals surface area contributed by atoms with Crippen LogP contribution in [0.5, 0.6) is 0 Å². The van der Waals surface area contributed by atoms with Crippen molar-refractivity contribution in [3.05, 3.63) is 170 Å². The van der Waals surface area contributed by atoms with Gasteiger partial charge in [-0.25, -0.2) is 15.0 Å². The van der Waals surface area contributed by atoms with Crippen molar-refractivity contribution in [2.45, 2.75) is 0 Å². The van der Waals surface area contributed by atoms with Gasteiger partial charge in [-0.1, -0.05) is 175 Å². The topological polar surface area (TPSA) is 51.8 Å². The van der Waals surface area contributed by atoms with Crippen molar-refractivity contribution in [1.29, 1.82) is 0 Å². The third-order valence-electron chi connectivity index (χ3n) is 11.1. The second kappa shape index (κ2) is 15.2. The van der Waals surface area contributed by atoms with Crippen molar-refractivity contribution in [3.63, 3.8) is 0 Å². The van der Waals surface area contributed by atoms with E-state index in [1.165, 1.54) is 11.1 Å². The van der Waals surface area contributed by atoms with Crippen LogP contribution in [0.3, 0.4) is 0 Å². The van der Waals surface area contributed by atoms with Gasteiger partial charge in [-0.15, -0.1) is 16.4 Å². The van der Waals surface area contributed by atoms with Crippen LogP contribution in [-0.2, 0) is 0 Å². The van der Waals surface area contributed by atoms with Crippen molar-refractivity contribution in [3.8, 4) is 78.7 Å². The minimum absolute atomic E-state index is 0.169. The Labute approximate surface area is 354 Å². The molecule has 4 nitrogen and oxygen atoms in total. The van der Waals surface area contributed by atoms with Gasteiger partial charge in [-0.2, -0.15) is 0 Å². The molecule has 0 bridgehead atoms. The van der Waals surface area contributed by atoms with E-state index in [4.69, 9.17) is 58.6 Å². The van der Waals surface area contributed by atoms with Crippen LogP contribution in [0.4, 0.5) is 0 Å². The highest BCUT2D eigenvalue weighted by atomic mass is 16.3. The SMILES string of the molecule is [B]c1c([B])c([B])c(-c2ccc(-c3nc(-c4ccccc4)nc(-c4cccc5c4oc4c(-c6ccc(-c7ccc(-c8ccccc8)cc7)cc6)cccc45)n3)cc2)c([B])c1[B]. The predicted octanol–water partition coefficient (Wildman–Crippen LogP) is 7.41. The number of para-hydroxylation sites is 2. The van der Waals surface area contributed by atoms with Gasteiger partial charge >= 0.3 is 0 Å². The first-order chi connectivity index (χ1) is 29.3. The first-order valence-corrected chi connectivity index (χ1v) is 19.5. The summed E-state index contributed by atoms with van der Waals surface area (Å²) < 4.78 is 6.85. The largest absolute Gasteiger partial charge is 0.455 e. The molecule has 0 saturated carbocycles. The normalized spacial score (nSPS) is 11.3. The summed E-state index contributed by atoms with van der Waals surface area (Å²) in [4.78, 5) is 15.0. The molecule has 0 saturated heterocycles. The molecule has 60 heavy (non-hydrogen) atoms. The molecule has 8 aromatic carbocycles. The highest BCUT2D eigenvalue weighted by Crippen LogP contribution is 2.40.